The van der Waals surface area contributed by atoms with Gasteiger partial charge >= 0.3 is 5.97 Å². The van der Waals surface area contributed by atoms with E-state index >= 15 is 0 Å². The molecular formula is C15H19NO4. The maximum Gasteiger partial charge on any atom is 0.304 e. The summed E-state index contributed by atoms with van der Waals surface area (Å²) in [5.41, 5.74) is 1.24. The summed E-state index contributed by atoms with van der Waals surface area (Å²) in [6, 6.07) is 7.72. The Labute approximate surface area is 117 Å². The van der Waals surface area contributed by atoms with E-state index in [-0.39, 0.29) is 18.4 Å². The van der Waals surface area contributed by atoms with Crippen LogP contribution in [0, 0.1) is 5.92 Å². The van der Waals surface area contributed by atoms with E-state index in [0.29, 0.717) is 13.0 Å². The van der Waals surface area contributed by atoms with E-state index in [1.54, 1.807) is 0 Å². The van der Waals surface area contributed by atoms with Gasteiger partial charge in [0.1, 0.15) is 12.4 Å². The molecule has 1 amide bonds. The molecule has 0 aliphatic carbocycles. The summed E-state index contributed by atoms with van der Waals surface area (Å²) in [5, 5.41) is 11.5. The molecule has 1 aliphatic heterocycles. The Balaban J connectivity index is 1.82. The Hall–Kier alpha value is -2.04. The molecule has 2 N–H and O–H groups in total. The van der Waals surface area contributed by atoms with E-state index in [1.165, 1.54) is 5.56 Å². The van der Waals surface area contributed by atoms with Crippen LogP contribution in [0.3, 0.4) is 0 Å². The molecule has 2 atom stereocenters. The molecule has 1 fully saturated rings. The van der Waals surface area contributed by atoms with Gasteiger partial charge in [-0.3, -0.25) is 9.59 Å². The number of aliphatic carboxylic acids is 1. The van der Waals surface area contributed by atoms with Gasteiger partial charge in [0.15, 0.2) is 0 Å². The Morgan fingerprint density at radius 1 is 1.40 bits per heavy atom. The predicted octanol–water partition coefficient (Wildman–Crippen LogP) is 1.61. The van der Waals surface area contributed by atoms with E-state index < -0.39 is 11.9 Å². The molecule has 0 unspecified atom stereocenters. The zero-order valence-corrected chi connectivity index (χ0v) is 11.5. The quantitative estimate of drug-likeness (QED) is 0.828. The number of nitrogens with one attached hydrogen (secondary N) is 1. The van der Waals surface area contributed by atoms with Gasteiger partial charge in [0.2, 0.25) is 5.91 Å². The molecule has 20 heavy (non-hydrogen) atoms. The van der Waals surface area contributed by atoms with Crippen molar-refractivity contribution in [2.75, 3.05) is 6.61 Å². The first kappa shape index (κ1) is 14.4. The zero-order valence-electron chi connectivity index (χ0n) is 11.5. The third kappa shape index (κ3) is 3.73. The minimum atomic E-state index is -0.943. The first-order valence-corrected chi connectivity index (χ1v) is 6.82. The summed E-state index contributed by atoms with van der Waals surface area (Å²) >= 11 is 0. The number of carbonyl (C=O) groups is 2. The number of carbonyl (C=O) groups excluding carboxylic acids is 1. The predicted molar refractivity (Wildman–Crippen MR) is 73.6 cm³/mol. The number of hydrogen-bond donors (Lipinski definition) is 2. The number of carboxylic acid groups (broad SMARTS) is 1. The molecule has 0 aromatic heterocycles. The summed E-state index contributed by atoms with van der Waals surface area (Å²) in [6.45, 7) is 2.46. The van der Waals surface area contributed by atoms with E-state index in [4.69, 9.17) is 9.84 Å². The van der Waals surface area contributed by atoms with Crippen molar-refractivity contribution >= 4 is 11.9 Å². The second-order valence-electron chi connectivity index (χ2n) is 5.04. The van der Waals surface area contributed by atoms with Gasteiger partial charge in [-0.25, -0.2) is 0 Å². The van der Waals surface area contributed by atoms with Gasteiger partial charge in [-0.05, 0) is 30.5 Å². The molecule has 1 aromatic carbocycles. The molecule has 5 heteroatoms. The molecule has 108 valence electrons. The largest absolute Gasteiger partial charge is 0.491 e. The lowest BCUT2D eigenvalue weighted by atomic mass is 10.0. The van der Waals surface area contributed by atoms with Crippen molar-refractivity contribution in [2.24, 2.45) is 5.92 Å². The van der Waals surface area contributed by atoms with Crippen molar-refractivity contribution in [1.82, 2.24) is 5.32 Å². The highest BCUT2D eigenvalue weighted by molar-refractivity contribution is 5.85. The highest BCUT2D eigenvalue weighted by Crippen LogP contribution is 2.20. The lowest BCUT2D eigenvalue weighted by molar-refractivity contribution is -0.140. The molecule has 1 aliphatic rings. The Morgan fingerprint density at radius 3 is 2.70 bits per heavy atom. The van der Waals surface area contributed by atoms with E-state index in [2.05, 4.69) is 12.2 Å². The molecule has 2 rings (SSSR count). The van der Waals surface area contributed by atoms with Crippen molar-refractivity contribution in [3.8, 4) is 5.75 Å². The van der Waals surface area contributed by atoms with Crippen molar-refractivity contribution in [3.63, 3.8) is 0 Å². The average molecular weight is 277 g/mol. The number of benzene rings is 1. The molecule has 0 saturated carbocycles. The average Bonchev–Trinajstić information content (AvgIpc) is 2.77. The maximum absolute atomic E-state index is 11.6. The standard InChI is InChI=1S/C15H19NO4/c1-2-10-3-5-13(6-4-10)20-9-12-7-11(8-14(17)18)15(19)16-12/h3-6,11-12H,2,7-9H2,1H3,(H,16,19)(H,17,18)/t11-,12-/m0/s1. The molecular weight excluding hydrogens is 258 g/mol. The highest BCUT2D eigenvalue weighted by Gasteiger charge is 2.33. The van der Waals surface area contributed by atoms with E-state index in [0.717, 1.165) is 12.2 Å². The van der Waals surface area contributed by atoms with Crippen LogP contribution in [0.5, 0.6) is 5.75 Å². The normalized spacial score (nSPS) is 21.6. The van der Waals surface area contributed by atoms with Crippen LogP contribution in [-0.4, -0.2) is 29.6 Å². The number of rotatable bonds is 6. The fourth-order valence-electron chi connectivity index (χ4n) is 2.34. The molecule has 1 saturated heterocycles. The van der Waals surface area contributed by atoms with Gasteiger partial charge in [0.25, 0.3) is 0 Å². The van der Waals surface area contributed by atoms with Gasteiger partial charge in [0, 0.05) is 0 Å². The van der Waals surface area contributed by atoms with Crippen molar-refractivity contribution < 1.29 is 19.4 Å². The van der Waals surface area contributed by atoms with Crippen LogP contribution >= 0.6 is 0 Å². The summed E-state index contributed by atoms with van der Waals surface area (Å²) in [7, 11) is 0. The monoisotopic (exact) mass is 277 g/mol. The molecule has 0 radical (unpaired) electrons. The second-order valence-corrected chi connectivity index (χ2v) is 5.04. The Bertz CT molecular complexity index is 483. The van der Waals surface area contributed by atoms with Crippen molar-refractivity contribution in [3.05, 3.63) is 29.8 Å². The topological polar surface area (TPSA) is 75.6 Å². The summed E-state index contributed by atoms with van der Waals surface area (Å²) < 4.78 is 5.63. The summed E-state index contributed by atoms with van der Waals surface area (Å²) in [6.07, 6.45) is 1.38. The Morgan fingerprint density at radius 2 is 2.10 bits per heavy atom. The fourth-order valence-corrected chi connectivity index (χ4v) is 2.34. The third-order valence-corrected chi connectivity index (χ3v) is 3.49. The number of carboxylic acids is 1. The number of amides is 1. The summed E-state index contributed by atoms with van der Waals surface area (Å²) in [5.74, 6) is -0.814. The maximum atomic E-state index is 11.6. The van der Waals surface area contributed by atoms with Crippen molar-refractivity contribution in [1.29, 1.82) is 0 Å². The lowest BCUT2D eigenvalue weighted by Gasteiger charge is -2.12. The van der Waals surface area contributed by atoms with Crippen LogP contribution in [0.1, 0.15) is 25.3 Å². The van der Waals surface area contributed by atoms with Gasteiger partial charge in [-0.1, -0.05) is 19.1 Å². The molecule has 0 bridgehead atoms. The molecule has 1 heterocycles. The Kier molecular flexibility index (Phi) is 4.61. The van der Waals surface area contributed by atoms with E-state index in [1.807, 2.05) is 24.3 Å². The molecule has 0 spiro atoms. The third-order valence-electron chi connectivity index (χ3n) is 3.49. The first-order chi connectivity index (χ1) is 9.58. The number of hydrogen-bond acceptors (Lipinski definition) is 3. The van der Waals surface area contributed by atoms with Crippen LogP contribution in [0.15, 0.2) is 24.3 Å². The fraction of sp³-hybridized carbons (Fsp3) is 0.467. The highest BCUT2D eigenvalue weighted by atomic mass is 16.5. The van der Waals surface area contributed by atoms with Gasteiger partial charge < -0.3 is 15.2 Å². The van der Waals surface area contributed by atoms with Gasteiger partial charge in [-0.15, -0.1) is 0 Å². The minimum Gasteiger partial charge on any atom is -0.491 e. The van der Waals surface area contributed by atoms with Crippen LogP contribution in [0.4, 0.5) is 0 Å². The first-order valence-electron chi connectivity index (χ1n) is 6.82. The number of ether oxygens (including phenoxy) is 1. The van der Waals surface area contributed by atoms with Gasteiger partial charge in [-0.2, -0.15) is 0 Å². The van der Waals surface area contributed by atoms with Gasteiger partial charge in [0.05, 0.1) is 18.4 Å². The van der Waals surface area contributed by atoms with Crippen LogP contribution in [0.2, 0.25) is 0 Å². The zero-order chi connectivity index (χ0) is 14.5. The SMILES string of the molecule is CCc1ccc(OC[C@@H]2C[C@@H](CC(=O)O)C(=O)N2)cc1. The number of aryl methyl sites for hydroxylation is 1. The van der Waals surface area contributed by atoms with Crippen molar-refractivity contribution in [2.45, 2.75) is 32.2 Å². The lowest BCUT2D eigenvalue weighted by Crippen LogP contribution is -2.31. The minimum absolute atomic E-state index is 0.113. The summed E-state index contributed by atoms with van der Waals surface area (Å²) in [4.78, 5) is 22.2. The molecule has 1 aromatic rings. The molecule has 5 nitrogen and oxygen atoms in total. The second kappa shape index (κ2) is 6.41. The van der Waals surface area contributed by atoms with E-state index in [9.17, 15) is 9.59 Å². The van der Waals surface area contributed by atoms with Crippen LogP contribution in [0.25, 0.3) is 0 Å². The van der Waals surface area contributed by atoms with Crippen LogP contribution < -0.4 is 10.1 Å². The van der Waals surface area contributed by atoms with Crippen LogP contribution in [-0.2, 0) is 16.0 Å². The smallest absolute Gasteiger partial charge is 0.304 e.